The van der Waals surface area contributed by atoms with Gasteiger partial charge in [-0.15, -0.1) is 0 Å². The first-order valence-corrected chi connectivity index (χ1v) is 6.30. The van der Waals surface area contributed by atoms with E-state index in [1.807, 2.05) is 4.90 Å². The van der Waals surface area contributed by atoms with Gasteiger partial charge in [0.1, 0.15) is 0 Å². The van der Waals surface area contributed by atoms with Crippen molar-refractivity contribution in [1.29, 1.82) is 0 Å². The highest BCUT2D eigenvalue weighted by molar-refractivity contribution is 6.31. The Morgan fingerprint density at radius 2 is 2.00 bits per heavy atom. The van der Waals surface area contributed by atoms with Crippen molar-refractivity contribution >= 4 is 11.6 Å². The normalized spacial score (nSPS) is 13.9. The highest BCUT2D eigenvalue weighted by Crippen LogP contribution is 2.35. The molecule has 0 saturated carbocycles. The molecule has 108 valence electrons. The number of nitrogens with zero attached hydrogens (tertiary/aromatic N) is 1. The molecule has 0 aliphatic carbocycles. The average molecular weight is 296 g/mol. The zero-order valence-corrected chi connectivity index (χ0v) is 11.6. The predicted molar refractivity (Wildman–Crippen MR) is 69.1 cm³/mol. The van der Waals surface area contributed by atoms with Crippen molar-refractivity contribution in [3.8, 4) is 0 Å². The van der Waals surface area contributed by atoms with Crippen molar-refractivity contribution in [3.05, 3.63) is 34.3 Å². The lowest BCUT2D eigenvalue weighted by atomic mass is 10.1. The molecule has 0 radical (unpaired) electrons. The number of alkyl halides is 3. The standard InChI is InChI=1S/C13H17ClF3NO/c1-9(19)5-6-18(2)8-10-3-4-12(14)11(7-10)13(15,16)17/h3-4,7,9,19H,5-6,8H2,1-2H3. The van der Waals surface area contributed by atoms with Gasteiger partial charge in [-0.25, -0.2) is 0 Å². The molecule has 0 saturated heterocycles. The van der Waals surface area contributed by atoms with Crippen molar-refractivity contribution in [1.82, 2.24) is 4.90 Å². The zero-order valence-electron chi connectivity index (χ0n) is 10.8. The van der Waals surface area contributed by atoms with Crippen molar-refractivity contribution in [2.24, 2.45) is 0 Å². The first-order chi connectivity index (χ1) is 8.70. The summed E-state index contributed by atoms with van der Waals surface area (Å²) >= 11 is 5.55. The molecule has 1 aromatic carbocycles. The van der Waals surface area contributed by atoms with Gasteiger partial charge in [0, 0.05) is 13.1 Å². The molecule has 6 heteroatoms. The third kappa shape index (κ3) is 5.38. The highest BCUT2D eigenvalue weighted by Gasteiger charge is 2.33. The van der Waals surface area contributed by atoms with Crippen LogP contribution in [0.3, 0.4) is 0 Å². The fraction of sp³-hybridized carbons (Fsp3) is 0.538. The number of benzene rings is 1. The van der Waals surface area contributed by atoms with E-state index in [-0.39, 0.29) is 5.02 Å². The van der Waals surface area contributed by atoms with Crippen LogP contribution in [0, 0.1) is 0 Å². The summed E-state index contributed by atoms with van der Waals surface area (Å²) in [6.45, 7) is 2.67. The Morgan fingerprint density at radius 3 is 2.53 bits per heavy atom. The second-order valence-electron chi connectivity index (χ2n) is 4.69. The van der Waals surface area contributed by atoms with Crippen LogP contribution in [0.15, 0.2) is 18.2 Å². The van der Waals surface area contributed by atoms with E-state index in [1.54, 1.807) is 20.0 Å². The van der Waals surface area contributed by atoms with Gasteiger partial charge in [0.15, 0.2) is 0 Å². The van der Waals surface area contributed by atoms with Crippen LogP contribution < -0.4 is 0 Å². The van der Waals surface area contributed by atoms with Gasteiger partial charge in [0.2, 0.25) is 0 Å². The number of halogens is 4. The van der Waals surface area contributed by atoms with E-state index in [1.165, 1.54) is 6.07 Å². The molecule has 1 rings (SSSR count). The van der Waals surface area contributed by atoms with Crippen LogP contribution in [0.1, 0.15) is 24.5 Å². The molecule has 0 aromatic heterocycles. The molecule has 0 aliphatic rings. The summed E-state index contributed by atoms with van der Waals surface area (Å²) in [6, 6.07) is 3.92. The van der Waals surface area contributed by atoms with Crippen LogP contribution in [0.5, 0.6) is 0 Å². The van der Waals surface area contributed by atoms with Crippen molar-refractivity contribution in [3.63, 3.8) is 0 Å². The van der Waals surface area contributed by atoms with E-state index in [9.17, 15) is 13.2 Å². The molecule has 0 fully saturated rings. The second-order valence-corrected chi connectivity index (χ2v) is 5.09. The molecule has 19 heavy (non-hydrogen) atoms. The molecule has 2 nitrogen and oxygen atoms in total. The summed E-state index contributed by atoms with van der Waals surface area (Å²) < 4.78 is 38.1. The molecule has 0 heterocycles. The van der Waals surface area contributed by atoms with Crippen LogP contribution in [0.2, 0.25) is 5.02 Å². The van der Waals surface area contributed by atoms with Gasteiger partial charge in [-0.2, -0.15) is 13.2 Å². The number of aliphatic hydroxyl groups is 1. The van der Waals surface area contributed by atoms with Gasteiger partial charge >= 0.3 is 6.18 Å². The molecular formula is C13H17ClF3NO. The summed E-state index contributed by atoms with van der Waals surface area (Å²) in [5, 5.41) is 8.87. The highest BCUT2D eigenvalue weighted by atomic mass is 35.5. The van der Waals surface area contributed by atoms with E-state index in [2.05, 4.69) is 0 Å². The van der Waals surface area contributed by atoms with Gasteiger partial charge in [-0.1, -0.05) is 17.7 Å². The van der Waals surface area contributed by atoms with E-state index in [0.29, 0.717) is 25.1 Å². The summed E-state index contributed by atoms with van der Waals surface area (Å²) in [5.74, 6) is 0. The number of hydrogen-bond donors (Lipinski definition) is 1. The maximum atomic E-state index is 12.7. The molecule has 0 aliphatic heterocycles. The lowest BCUT2D eigenvalue weighted by Gasteiger charge is -2.18. The summed E-state index contributed by atoms with van der Waals surface area (Å²) in [4.78, 5) is 1.86. The minimum Gasteiger partial charge on any atom is -0.393 e. The fourth-order valence-electron chi connectivity index (χ4n) is 1.69. The molecule has 1 atom stereocenters. The lowest BCUT2D eigenvalue weighted by molar-refractivity contribution is -0.137. The summed E-state index contributed by atoms with van der Waals surface area (Å²) in [6.07, 6.45) is -4.28. The number of rotatable bonds is 5. The lowest BCUT2D eigenvalue weighted by Crippen LogP contribution is -2.22. The second kappa shape index (κ2) is 6.59. The maximum Gasteiger partial charge on any atom is 0.417 e. The Hall–Kier alpha value is -0.780. The van der Waals surface area contributed by atoms with Crippen LogP contribution in [0.25, 0.3) is 0 Å². The van der Waals surface area contributed by atoms with E-state index in [4.69, 9.17) is 16.7 Å². The minimum absolute atomic E-state index is 0.289. The molecular weight excluding hydrogens is 279 g/mol. The van der Waals surface area contributed by atoms with Gasteiger partial charge in [-0.3, -0.25) is 0 Å². The van der Waals surface area contributed by atoms with E-state index < -0.39 is 17.8 Å². The minimum atomic E-state index is -4.44. The molecule has 0 amide bonds. The zero-order chi connectivity index (χ0) is 14.6. The fourth-order valence-corrected chi connectivity index (χ4v) is 1.91. The van der Waals surface area contributed by atoms with Gasteiger partial charge in [0.05, 0.1) is 16.7 Å². The Labute approximate surface area is 115 Å². The molecule has 0 spiro atoms. The molecule has 0 bridgehead atoms. The van der Waals surface area contributed by atoms with Crippen molar-refractivity contribution in [2.45, 2.75) is 32.2 Å². The maximum absolute atomic E-state index is 12.7. The smallest absolute Gasteiger partial charge is 0.393 e. The Kier molecular flexibility index (Phi) is 5.64. The topological polar surface area (TPSA) is 23.5 Å². The Balaban J connectivity index is 2.75. The number of hydrogen-bond acceptors (Lipinski definition) is 2. The van der Waals surface area contributed by atoms with Crippen LogP contribution in [-0.2, 0) is 12.7 Å². The van der Waals surface area contributed by atoms with Crippen LogP contribution >= 0.6 is 11.6 Å². The third-order valence-electron chi connectivity index (χ3n) is 2.72. The summed E-state index contributed by atoms with van der Waals surface area (Å²) in [7, 11) is 1.80. The van der Waals surface area contributed by atoms with Crippen LogP contribution in [-0.4, -0.2) is 29.7 Å². The van der Waals surface area contributed by atoms with Crippen molar-refractivity contribution < 1.29 is 18.3 Å². The Morgan fingerprint density at radius 1 is 1.37 bits per heavy atom. The van der Waals surface area contributed by atoms with Gasteiger partial charge in [0.25, 0.3) is 0 Å². The third-order valence-corrected chi connectivity index (χ3v) is 3.05. The van der Waals surface area contributed by atoms with Crippen LogP contribution in [0.4, 0.5) is 13.2 Å². The average Bonchev–Trinajstić information content (AvgIpc) is 2.27. The van der Waals surface area contributed by atoms with Gasteiger partial charge < -0.3 is 10.0 Å². The molecule has 1 unspecified atom stereocenters. The monoisotopic (exact) mass is 295 g/mol. The van der Waals surface area contributed by atoms with Crippen molar-refractivity contribution in [2.75, 3.05) is 13.6 Å². The predicted octanol–water partition coefficient (Wildman–Crippen LogP) is 3.56. The SMILES string of the molecule is CC(O)CCN(C)Cc1ccc(Cl)c(C(F)(F)F)c1. The number of aliphatic hydroxyl groups excluding tert-OH is 1. The summed E-state index contributed by atoms with van der Waals surface area (Å²) in [5.41, 5.74) is -0.264. The first-order valence-electron chi connectivity index (χ1n) is 5.92. The largest absolute Gasteiger partial charge is 0.417 e. The molecule has 1 aromatic rings. The first kappa shape index (κ1) is 16.3. The quantitative estimate of drug-likeness (QED) is 0.898. The van der Waals surface area contributed by atoms with E-state index in [0.717, 1.165) is 6.07 Å². The van der Waals surface area contributed by atoms with Gasteiger partial charge in [-0.05, 0) is 38.1 Å². The van der Waals surface area contributed by atoms with E-state index >= 15 is 0 Å². The Bertz CT molecular complexity index is 421. The molecule has 1 N–H and O–H groups in total.